The first kappa shape index (κ1) is 21.8. The van der Waals surface area contributed by atoms with Crippen LogP contribution in [0.2, 0.25) is 5.02 Å². The molecule has 162 valence electrons. The van der Waals surface area contributed by atoms with Gasteiger partial charge in [0, 0.05) is 16.7 Å². The number of aromatic nitrogens is 3. The van der Waals surface area contributed by atoms with E-state index in [4.69, 9.17) is 11.6 Å². The number of halogens is 2. The summed E-state index contributed by atoms with van der Waals surface area (Å²) in [4.78, 5) is 12.5. The van der Waals surface area contributed by atoms with Crippen LogP contribution in [0.4, 0.5) is 4.39 Å². The molecular formula is C23H24ClFN4OS. The molecule has 1 aliphatic rings. The highest BCUT2D eigenvalue weighted by atomic mass is 35.5. The Morgan fingerprint density at radius 2 is 2.00 bits per heavy atom. The number of rotatable bonds is 7. The lowest BCUT2D eigenvalue weighted by molar-refractivity contribution is -0.128. The zero-order valence-electron chi connectivity index (χ0n) is 17.4. The second kappa shape index (κ2) is 9.40. The molecule has 0 saturated heterocycles. The Labute approximate surface area is 190 Å². The van der Waals surface area contributed by atoms with Gasteiger partial charge in [0.15, 0.2) is 11.0 Å². The minimum Gasteiger partial charge on any atom is -0.346 e. The summed E-state index contributed by atoms with van der Waals surface area (Å²) >= 11 is 7.80. The molecule has 1 saturated carbocycles. The molecule has 2 aromatic carbocycles. The van der Waals surface area contributed by atoms with E-state index in [0.717, 1.165) is 36.1 Å². The Kier molecular flexibility index (Phi) is 6.62. The number of hydrogen-bond acceptors (Lipinski definition) is 4. The van der Waals surface area contributed by atoms with E-state index in [1.807, 2.05) is 36.6 Å². The Bertz CT molecular complexity index is 1080. The smallest absolute Gasteiger partial charge is 0.223 e. The fraction of sp³-hybridized carbons (Fsp3) is 0.348. The predicted molar refractivity (Wildman–Crippen MR) is 121 cm³/mol. The van der Waals surface area contributed by atoms with Crippen LogP contribution in [0, 0.1) is 18.7 Å². The summed E-state index contributed by atoms with van der Waals surface area (Å²) in [5.74, 6) is 1.17. The van der Waals surface area contributed by atoms with Gasteiger partial charge in [0.2, 0.25) is 5.91 Å². The van der Waals surface area contributed by atoms with Crippen molar-refractivity contribution < 1.29 is 9.18 Å². The molecule has 1 heterocycles. The zero-order chi connectivity index (χ0) is 22.0. The standard InChI is InChI=1S/C23H24ClFN4OS/c1-14-6-9-18(24)12-20(14)29-21(15(2)26-22(30)17-4-3-5-17)27-28-23(29)31-13-16-7-10-19(25)11-8-16/h6-12,15,17H,3-5,13H2,1-2H3,(H,26,30). The van der Waals surface area contributed by atoms with Gasteiger partial charge in [-0.15, -0.1) is 10.2 Å². The summed E-state index contributed by atoms with van der Waals surface area (Å²) in [5.41, 5.74) is 2.88. The zero-order valence-corrected chi connectivity index (χ0v) is 19.0. The van der Waals surface area contributed by atoms with Gasteiger partial charge in [0.1, 0.15) is 5.82 Å². The third-order valence-corrected chi connectivity index (χ3v) is 6.81. The van der Waals surface area contributed by atoms with Crippen molar-refractivity contribution in [2.24, 2.45) is 5.92 Å². The predicted octanol–water partition coefficient (Wildman–Crippen LogP) is 5.64. The van der Waals surface area contributed by atoms with Crippen LogP contribution in [0.15, 0.2) is 47.6 Å². The van der Waals surface area contributed by atoms with E-state index < -0.39 is 0 Å². The first-order chi connectivity index (χ1) is 14.9. The summed E-state index contributed by atoms with van der Waals surface area (Å²) in [6.45, 7) is 3.92. The summed E-state index contributed by atoms with van der Waals surface area (Å²) in [6.07, 6.45) is 2.99. The van der Waals surface area contributed by atoms with E-state index in [0.29, 0.717) is 21.8 Å². The van der Waals surface area contributed by atoms with Crippen molar-refractivity contribution in [3.63, 3.8) is 0 Å². The number of amides is 1. The van der Waals surface area contributed by atoms with Crippen LogP contribution in [0.25, 0.3) is 5.69 Å². The number of carbonyl (C=O) groups is 1. The van der Waals surface area contributed by atoms with Crippen molar-refractivity contribution in [3.05, 3.63) is 70.3 Å². The maximum atomic E-state index is 13.2. The van der Waals surface area contributed by atoms with Gasteiger partial charge in [0.05, 0.1) is 11.7 Å². The first-order valence-electron chi connectivity index (χ1n) is 10.3. The molecule has 1 aliphatic carbocycles. The third kappa shape index (κ3) is 4.93. The Morgan fingerprint density at radius 1 is 1.26 bits per heavy atom. The minimum absolute atomic E-state index is 0.0663. The molecule has 31 heavy (non-hydrogen) atoms. The van der Waals surface area contributed by atoms with Crippen LogP contribution < -0.4 is 5.32 Å². The van der Waals surface area contributed by atoms with Crippen LogP contribution in [-0.4, -0.2) is 20.7 Å². The average Bonchev–Trinajstić information content (AvgIpc) is 3.12. The number of benzene rings is 2. The van der Waals surface area contributed by atoms with Crippen molar-refractivity contribution in [1.29, 1.82) is 0 Å². The highest BCUT2D eigenvalue weighted by Gasteiger charge is 2.28. The molecular weight excluding hydrogens is 435 g/mol. The molecule has 1 unspecified atom stereocenters. The molecule has 0 aliphatic heterocycles. The number of nitrogens with zero attached hydrogens (tertiary/aromatic N) is 3. The fourth-order valence-corrected chi connectivity index (χ4v) is 4.57. The van der Waals surface area contributed by atoms with Crippen molar-refractivity contribution in [2.45, 2.75) is 50.1 Å². The Morgan fingerprint density at radius 3 is 2.68 bits per heavy atom. The number of carbonyl (C=O) groups excluding carboxylic acids is 1. The lowest BCUT2D eigenvalue weighted by Crippen LogP contribution is -2.36. The van der Waals surface area contributed by atoms with Crippen LogP contribution in [-0.2, 0) is 10.5 Å². The second-order valence-corrected chi connectivity index (χ2v) is 9.26. The molecule has 1 aromatic heterocycles. The maximum Gasteiger partial charge on any atom is 0.223 e. The van der Waals surface area contributed by atoms with Crippen molar-refractivity contribution in [3.8, 4) is 5.69 Å². The van der Waals surface area contributed by atoms with Gasteiger partial charge in [-0.25, -0.2) is 4.39 Å². The van der Waals surface area contributed by atoms with Crippen LogP contribution in [0.3, 0.4) is 0 Å². The number of aryl methyl sites for hydroxylation is 1. The van der Waals surface area contributed by atoms with Crippen LogP contribution in [0.1, 0.15) is 49.2 Å². The molecule has 4 rings (SSSR count). The summed E-state index contributed by atoms with van der Waals surface area (Å²) in [6, 6.07) is 11.8. The summed E-state index contributed by atoms with van der Waals surface area (Å²) in [7, 11) is 0. The molecule has 8 heteroatoms. The topological polar surface area (TPSA) is 59.8 Å². The summed E-state index contributed by atoms with van der Waals surface area (Å²) < 4.78 is 15.2. The SMILES string of the molecule is Cc1ccc(Cl)cc1-n1c(SCc2ccc(F)cc2)nnc1C(C)NC(=O)C1CCC1. The quantitative estimate of drug-likeness (QED) is 0.465. The maximum absolute atomic E-state index is 13.2. The van der Waals surface area contributed by atoms with E-state index in [1.165, 1.54) is 23.9 Å². The number of thioether (sulfide) groups is 1. The molecule has 0 radical (unpaired) electrons. The fourth-order valence-electron chi connectivity index (χ4n) is 3.50. The lowest BCUT2D eigenvalue weighted by Gasteiger charge is -2.26. The second-order valence-electron chi connectivity index (χ2n) is 7.88. The van der Waals surface area contributed by atoms with Gasteiger partial charge in [0.25, 0.3) is 0 Å². The van der Waals surface area contributed by atoms with Crippen molar-refractivity contribution in [1.82, 2.24) is 20.1 Å². The molecule has 3 aromatic rings. The molecule has 1 fully saturated rings. The highest BCUT2D eigenvalue weighted by molar-refractivity contribution is 7.98. The largest absolute Gasteiger partial charge is 0.346 e. The van der Waals surface area contributed by atoms with Crippen LogP contribution in [0.5, 0.6) is 0 Å². The Balaban J connectivity index is 1.65. The number of nitrogens with one attached hydrogen (secondary N) is 1. The summed E-state index contributed by atoms with van der Waals surface area (Å²) in [5, 5.41) is 13.2. The normalized spacial score (nSPS) is 14.8. The van der Waals surface area contributed by atoms with E-state index in [9.17, 15) is 9.18 Å². The van der Waals surface area contributed by atoms with Gasteiger partial charge in [-0.2, -0.15) is 0 Å². The first-order valence-corrected chi connectivity index (χ1v) is 11.7. The van der Waals surface area contributed by atoms with E-state index in [1.54, 1.807) is 12.1 Å². The van der Waals surface area contributed by atoms with E-state index in [2.05, 4.69) is 15.5 Å². The van der Waals surface area contributed by atoms with Gasteiger partial charge in [-0.1, -0.05) is 48.0 Å². The minimum atomic E-state index is -0.306. The average molecular weight is 459 g/mol. The van der Waals surface area contributed by atoms with E-state index >= 15 is 0 Å². The van der Waals surface area contributed by atoms with Gasteiger partial charge in [-0.05, 0) is 62.1 Å². The molecule has 1 atom stereocenters. The highest BCUT2D eigenvalue weighted by Crippen LogP contribution is 2.31. The van der Waals surface area contributed by atoms with Crippen molar-refractivity contribution >= 4 is 29.3 Å². The van der Waals surface area contributed by atoms with Gasteiger partial charge >= 0.3 is 0 Å². The molecule has 1 amide bonds. The monoisotopic (exact) mass is 458 g/mol. The van der Waals surface area contributed by atoms with E-state index in [-0.39, 0.29) is 23.7 Å². The van der Waals surface area contributed by atoms with Crippen molar-refractivity contribution in [2.75, 3.05) is 0 Å². The molecule has 1 N–H and O–H groups in total. The number of hydrogen-bond donors (Lipinski definition) is 1. The Hall–Kier alpha value is -2.38. The molecule has 5 nitrogen and oxygen atoms in total. The third-order valence-electron chi connectivity index (χ3n) is 5.57. The molecule has 0 bridgehead atoms. The van der Waals surface area contributed by atoms with Gasteiger partial charge in [-0.3, -0.25) is 9.36 Å². The van der Waals surface area contributed by atoms with Crippen LogP contribution >= 0.6 is 23.4 Å². The van der Waals surface area contributed by atoms with Gasteiger partial charge < -0.3 is 5.32 Å². The lowest BCUT2D eigenvalue weighted by atomic mass is 9.84. The molecule has 0 spiro atoms.